The Kier molecular flexibility index (Phi) is 5.59. The number of pyridine rings is 1. The first-order valence-corrected chi connectivity index (χ1v) is 9.07. The van der Waals surface area contributed by atoms with E-state index < -0.39 is 17.6 Å². The maximum Gasteiger partial charge on any atom is 0.261 e. The van der Waals surface area contributed by atoms with Gasteiger partial charge in [0.2, 0.25) is 0 Å². The number of benzene rings is 1. The van der Waals surface area contributed by atoms with E-state index >= 15 is 0 Å². The Morgan fingerprint density at radius 1 is 1.33 bits per heavy atom. The molecular formula is C20H23N3O4. The molecule has 3 rings (SSSR count). The predicted octanol–water partition coefficient (Wildman–Crippen LogP) is 1.82. The van der Waals surface area contributed by atoms with Crippen molar-refractivity contribution < 1.29 is 14.3 Å². The minimum Gasteiger partial charge on any atom is -0.481 e. The summed E-state index contributed by atoms with van der Waals surface area (Å²) in [6.07, 6.45) is 2.10. The van der Waals surface area contributed by atoms with E-state index in [1.807, 2.05) is 25.1 Å². The summed E-state index contributed by atoms with van der Waals surface area (Å²) in [6.45, 7) is 1.88. The number of hydrogen-bond donors (Lipinski definition) is 3. The molecule has 0 bridgehead atoms. The fourth-order valence-corrected chi connectivity index (χ4v) is 3.32. The number of H-pyrrole nitrogens is 1. The van der Waals surface area contributed by atoms with Gasteiger partial charge in [-0.05, 0) is 49.4 Å². The van der Waals surface area contributed by atoms with Gasteiger partial charge in [0.15, 0.2) is 6.10 Å². The number of para-hydroxylation sites is 1. The molecule has 2 aromatic rings. The molecule has 4 N–H and O–H groups in total. The van der Waals surface area contributed by atoms with Crippen LogP contribution in [0.5, 0.6) is 5.75 Å². The summed E-state index contributed by atoms with van der Waals surface area (Å²) in [5, 5.41) is 2.99. The van der Waals surface area contributed by atoms with Crippen molar-refractivity contribution in [1.82, 2.24) is 10.3 Å². The summed E-state index contributed by atoms with van der Waals surface area (Å²) >= 11 is 0. The second kappa shape index (κ2) is 8.07. The first-order chi connectivity index (χ1) is 13.0. The van der Waals surface area contributed by atoms with Gasteiger partial charge >= 0.3 is 0 Å². The molecule has 7 heteroatoms. The number of fused-ring (bicyclic) bond motifs is 1. The van der Waals surface area contributed by atoms with Crippen molar-refractivity contribution in [1.29, 1.82) is 0 Å². The Bertz CT molecular complexity index is 892. The molecule has 2 amide bonds. The topological polar surface area (TPSA) is 114 Å². The summed E-state index contributed by atoms with van der Waals surface area (Å²) in [5.74, 6) is -0.386. The molecule has 142 valence electrons. The number of carbonyl (C=O) groups excluding carboxylic acids is 2. The van der Waals surface area contributed by atoms with Crippen LogP contribution < -0.4 is 21.3 Å². The van der Waals surface area contributed by atoms with Crippen LogP contribution in [-0.2, 0) is 11.2 Å². The maximum absolute atomic E-state index is 12.7. The number of aryl methyl sites for hydroxylation is 1. The lowest BCUT2D eigenvalue weighted by Crippen LogP contribution is -2.41. The summed E-state index contributed by atoms with van der Waals surface area (Å²) < 4.78 is 5.79. The first kappa shape index (κ1) is 18.7. The normalized spacial score (nSPS) is 16.9. The van der Waals surface area contributed by atoms with Crippen molar-refractivity contribution in [2.45, 2.75) is 44.8 Å². The Labute approximate surface area is 156 Å². The van der Waals surface area contributed by atoms with Gasteiger partial charge in [-0.25, -0.2) is 0 Å². The monoisotopic (exact) mass is 369 g/mol. The van der Waals surface area contributed by atoms with Gasteiger partial charge in [0, 0.05) is 5.69 Å². The summed E-state index contributed by atoms with van der Waals surface area (Å²) in [4.78, 5) is 38.9. The van der Waals surface area contributed by atoms with Gasteiger partial charge in [0.1, 0.15) is 11.3 Å². The smallest absolute Gasteiger partial charge is 0.261 e. The van der Waals surface area contributed by atoms with Crippen LogP contribution in [-0.4, -0.2) is 22.9 Å². The van der Waals surface area contributed by atoms with E-state index in [1.165, 1.54) is 6.07 Å². The van der Waals surface area contributed by atoms with Gasteiger partial charge in [0.05, 0.1) is 6.04 Å². The Hall–Kier alpha value is -3.09. The van der Waals surface area contributed by atoms with Gasteiger partial charge in [0.25, 0.3) is 17.4 Å². The quantitative estimate of drug-likeness (QED) is 0.720. The number of nitrogens with two attached hydrogens (primary N) is 1. The highest BCUT2D eigenvalue weighted by molar-refractivity contribution is 5.92. The highest BCUT2D eigenvalue weighted by Crippen LogP contribution is 2.28. The van der Waals surface area contributed by atoms with Crippen LogP contribution in [0.15, 0.2) is 41.2 Å². The van der Waals surface area contributed by atoms with Crippen molar-refractivity contribution in [3.8, 4) is 5.75 Å². The molecular weight excluding hydrogens is 346 g/mol. The number of aromatic amines is 1. The zero-order chi connectivity index (χ0) is 19.4. The lowest BCUT2D eigenvalue weighted by atomic mass is 9.90. The molecule has 1 aromatic heterocycles. The second-order valence-electron chi connectivity index (χ2n) is 6.59. The highest BCUT2D eigenvalue weighted by Gasteiger charge is 2.27. The molecule has 27 heavy (non-hydrogen) atoms. The average Bonchev–Trinajstić information content (AvgIpc) is 2.66. The molecule has 1 heterocycles. The number of ether oxygens (including phenoxy) is 1. The molecule has 7 nitrogen and oxygen atoms in total. The van der Waals surface area contributed by atoms with E-state index in [0.29, 0.717) is 25.0 Å². The molecule has 0 fully saturated rings. The molecule has 1 aromatic carbocycles. The zero-order valence-electron chi connectivity index (χ0n) is 15.2. The third-order valence-electron chi connectivity index (χ3n) is 4.72. The van der Waals surface area contributed by atoms with Crippen molar-refractivity contribution >= 4 is 11.8 Å². The number of aromatic nitrogens is 1. The standard InChI is InChI=1S/C20H23N3O4/c1-2-17(27-12-7-4-3-5-8-12)20(26)23-16-10-6-9-15-13(16)11-14(18(21)24)19(25)22-15/h3-5,7-8,11,16-17H,2,6,9-10H2,1H3,(H2,21,24)(H,22,25)(H,23,26). The number of rotatable bonds is 6. The van der Waals surface area contributed by atoms with Crippen LogP contribution in [0.25, 0.3) is 0 Å². The number of hydrogen-bond acceptors (Lipinski definition) is 4. The zero-order valence-corrected chi connectivity index (χ0v) is 15.2. The third kappa shape index (κ3) is 4.19. The Morgan fingerprint density at radius 3 is 2.74 bits per heavy atom. The van der Waals surface area contributed by atoms with E-state index in [4.69, 9.17) is 10.5 Å². The van der Waals surface area contributed by atoms with E-state index in [-0.39, 0.29) is 17.5 Å². The molecule has 0 saturated carbocycles. The summed E-state index contributed by atoms with van der Waals surface area (Å²) in [7, 11) is 0. The molecule has 2 atom stereocenters. The largest absolute Gasteiger partial charge is 0.481 e. The van der Waals surface area contributed by atoms with Crippen LogP contribution in [0.1, 0.15) is 53.8 Å². The van der Waals surface area contributed by atoms with Crippen LogP contribution in [0.2, 0.25) is 0 Å². The second-order valence-corrected chi connectivity index (χ2v) is 6.59. The Balaban J connectivity index is 1.80. The van der Waals surface area contributed by atoms with Gasteiger partial charge in [-0.1, -0.05) is 25.1 Å². The van der Waals surface area contributed by atoms with Crippen molar-refractivity contribution in [2.24, 2.45) is 5.73 Å². The molecule has 0 spiro atoms. The van der Waals surface area contributed by atoms with Crippen LogP contribution in [0.4, 0.5) is 0 Å². The lowest BCUT2D eigenvalue weighted by Gasteiger charge is -2.28. The predicted molar refractivity (Wildman–Crippen MR) is 101 cm³/mol. The minimum atomic E-state index is -0.784. The maximum atomic E-state index is 12.7. The average molecular weight is 369 g/mol. The number of primary amides is 1. The van der Waals surface area contributed by atoms with Crippen molar-refractivity contribution in [3.63, 3.8) is 0 Å². The van der Waals surface area contributed by atoms with Gasteiger partial charge in [-0.2, -0.15) is 0 Å². The van der Waals surface area contributed by atoms with E-state index in [9.17, 15) is 14.4 Å². The van der Waals surface area contributed by atoms with E-state index in [1.54, 1.807) is 12.1 Å². The van der Waals surface area contributed by atoms with Crippen molar-refractivity contribution in [3.05, 3.63) is 63.6 Å². The summed E-state index contributed by atoms with van der Waals surface area (Å²) in [5.41, 5.74) is 6.16. The molecule has 2 unspecified atom stereocenters. The van der Waals surface area contributed by atoms with Crippen molar-refractivity contribution in [2.75, 3.05) is 0 Å². The molecule has 1 aliphatic carbocycles. The summed E-state index contributed by atoms with van der Waals surface area (Å²) in [6, 6.07) is 10.4. The van der Waals surface area contributed by atoms with Crippen LogP contribution >= 0.6 is 0 Å². The molecule has 0 aliphatic heterocycles. The number of carbonyl (C=O) groups is 2. The van der Waals surface area contributed by atoms with Gasteiger partial charge in [-0.15, -0.1) is 0 Å². The fraction of sp³-hybridized carbons (Fsp3) is 0.350. The van der Waals surface area contributed by atoms with E-state index in [0.717, 1.165) is 17.7 Å². The fourth-order valence-electron chi connectivity index (χ4n) is 3.32. The third-order valence-corrected chi connectivity index (χ3v) is 4.72. The van der Waals surface area contributed by atoms with Crippen LogP contribution in [0, 0.1) is 0 Å². The Morgan fingerprint density at radius 2 is 2.07 bits per heavy atom. The number of amides is 2. The van der Waals surface area contributed by atoms with E-state index in [2.05, 4.69) is 10.3 Å². The first-order valence-electron chi connectivity index (χ1n) is 9.07. The van der Waals surface area contributed by atoms with Gasteiger partial charge in [-0.3, -0.25) is 14.4 Å². The number of nitrogens with one attached hydrogen (secondary N) is 2. The molecule has 0 saturated heterocycles. The van der Waals surface area contributed by atoms with Gasteiger partial charge < -0.3 is 20.8 Å². The molecule has 1 aliphatic rings. The lowest BCUT2D eigenvalue weighted by molar-refractivity contribution is -0.129. The molecule has 0 radical (unpaired) electrons. The van der Waals surface area contributed by atoms with Crippen LogP contribution in [0.3, 0.4) is 0 Å². The highest BCUT2D eigenvalue weighted by atomic mass is 16.5. The SMILES string of the molecule is CCC(Oc1ccccc1)C(=O)NC1CCCc2[nH]c(=O)c(C(N)=O)cc21. The minimum absolute atomic E-state index is 0.0949.